The van der Waals surface area contributed by atoms with Gasteiger partial charge in [-0.15, -0.1) is 0 Å². The lowest BCUT2D eigenvalue weighted by Gasteiger charge is -2.17. The number of para-hydroxylation sites is 1. The zero-order chi connectivity index (χ0) is 15.4. The van der Waals surface area contributed by atoms with Crippen LogP contribution in [-0.4, -0.2) is 22.9 Å². The van der Waals surface area contributed by atoms with Gasteiger partial charge in [-0.1, -0.05) is 36.6 Å². The van der Waals surface area contributed by atoms with E-state index in [0.29, 0.717) is 12.5 Å². The number of benzene rings is 1. The molecule has 1 fully saturated rings. The first-order valence-electron chi connectivity index (χ1n) is 8.08. The van der Waals surface area contributed by atoms with Crippen LogP contribution in [0.5, 0.6) is 0 Å². The van der Waals surface area contributed by atoms with Crippen molar-refractivity contribution in [2.45, 2.75) is 38.0 Å². The predicted molar refractivity (Wildman–Crippen MR) is 91.9 cm³/mol. The van der Waals surface area contributed by atoms with E-state index in [1.807, 2.05) is 35.1 Å². The van der Waals surface area contributed by atoms with Crippen molar-refractivity contribution in [1.82, 2.24) is 9.78 Å². The molecule has 1 aromatic carbocycles. The van der Waals surface area contributed by atoms with Crippen LogP contribution in [0.4, 0.5) is 5.69 Å². The molecule has 1 heterocycles. The normalized spacial score (nSPS) is 15.4. The first kappa shape index (κ1) is 15.4. The maximum atomic E-state index is 6.38. The van der Waals surface area contributed by atoms with E-state index in [1.165, 1.54) is 31.4 Å². The van der Waals surface area contributed by atoms with Crippen molar-refractivity contribution in [1.29, 1.82) is 0 Å². The standard InChI is InChI=1S/C17H23ClN4/c18-14-8-3-4-9-16(14)22-17(13-6-1-2-7-13)15(12-21-22)20-11-5-10-19/h3-4,8-9,12-13,20H,1-2,5-7,10-11,19H2. The Morgan fingerprint density at radius 1 is 1.27 bits per heavy atom. The number of aromatic nitrogens is 2. The summed E-state index contributed by atoms with van der Waals surface area (Å²) in [6, 6.07) is 7.89. The quantitative estimate of drug-likeness (QED) is 0.793. The van der Waals surface area contributed by atoms with Crippen molar-refractivity contribution >= 4 is 17.3 Å². The van der Waals surface area contributed by atoms with E-state index in [-0.39, 0.29) is 0 Å². The second-order valence-corrected chi connectivity index (χ2v) is 6.26. The van der Waals surface area contributed by atoms with Crippen molar-refractivity contribution in [3.63, 3.8) is 0 Å². The molecular weight excluding hydrogens is 296 g/mol. The number of halogens is 1. The molecule has 2 aromatic rings. The summed E-state index contributed by atoms with van der Waals surface area (Å²) in [5.41, 5.74) is 8.94. The first-order chi connectivity index (χ1) is 10.8. The van der Waals surface area contributed by atoms with Gasteiger partial charge in [0.1, 0.15) is 0 Å². The Kier molecular flexibility index (Phi) is 5.01. The van der Waals surface area contributed by atoms with Crippen molar-refractivity contribution < 1.29 is 0 Å². The molecule has 0 amide bonds. The average molecular weight is 319 g/mol. The van der Waals surface area contributed by atoms with Crippen LogP contribution in [0.2, 0.25) is 5.02 Å². The minimum atomic E-state index is 0.555. The molecule has 22 heavy (non-hydrogen) atoms. The highest BCUT2D eigenvalue weighted by Crippen LogP contribution is 2.39. The second-order valence-electron chi connectivity index (χ2n) is 5.86. The van der Waals surface area contributed by atoms with Gasteiger partial charge in [0.15, 0.2) is 0 Å². The monoisotopic (exact) mass is 318 g/mol. The molecule has 0 bridgehead atoms. The van der Waals surface area contributed by atoms with E-state index in [2.05, 4.69) is 10.4 Å². The Balaban J connectivity index is 1.97. The zero-order valence-corrected chi connectivity index (χ0v) is 13.5. The van der Waals surface area contributed by atoms with E-state index in [9.17, 15) is 0 Å². The van der Waals surface area contributed by atoms with Crippen LogP contribution < -0.4 is 11.1 Å². The minimum Gasteiger partial charge on any atom is -0.382 e. The molecule has 0 spiro atoms. The molecule has 118 valence electrons. The number of nitrogens with one attached hydrogen (secondary N) is 1. The van der Waals surface area contributed by atoms with E-state index in [1.54, 1.807) is 0 Å². The lowest BCUT2D eigenvalue weighted by atomic mass is 10.0. The highest BCUT2D eigenvalue weighted by Gasteiger charge is 2.25. The van der Waals surface area contributed by atoms with Crippen LogP contribution in [0.25, 0.3) is 5.69 Å². The number of rotatable bonds is 6. The van der Waals surface area contributed by atoms with Gasteiger partial charge in [0.25, 0.3) is 0 Å². The summed E-state index contributed by atoms with van der Waals surface area (Å²) < 4.78 is 2.02. The molecule has 1 aromatic heterocycles. The van der Waals surface area contributed by atoms with Gasteiger partial charge in [0.2, 0.25) is 0 Å². The molecule has 0 saturated heterocycles. The van der Waals surface area contributed by atoms with Crippen LogP contribution in [0.15, 0.2) is 30.5 Å². The van der Waals surface area contributed by atoms with E-state index in [4.69, 9.17) is 17.3 Å². The first-order valence-corrected chi connectivity index (χ1v) is 8.46. The largest absolute Gasteiger partial charge is 0.382 e. The molecule has 1 aliphatic rings. The molecule has 1 saturated carbocycles. The third kappa shape index (κ3) is 3.13. The molecule has 4 nitrogen and oxygen atoms in total. The third-order valence-corrected chi connectivity index (χ3v) is 4.64. The van der Waals surface area contributed by atoms with Crippen LogP contribution >= 0.6 is 11.6 Å². The van der Waals surface area contributed by atoms with Crippen molar-refractivity contribution in [2.24, 2.45) is 5.73 Å². The number of hydrogen-bond acceptors (Lipinski definition) is 3. The zero-order valence-electron chi connectivity index (χ0n) is 12.8. The molecule has 3 rings (SSSR count). The van der Waals surface area contributed by atoms with Crippen molar-refractivity contribution in [3.05, 3.63) is 41.2 Å². The summed E-state index contributed by atoms with van der Waals surface area (Å²) in [7, 11) is 0. The number of anilines is 1. The van der Waals surface area contributed by atoms with Gasteiger partial charge in [-0.3, -0.25) is 0 Å². The van der Waals surface area contributed by atoms with Crippen LogP contribution in [0, 0.1) is 0 Å². The average Bonchev–Trinajstić information content (AvgIpc) is 3.17. The Bertz CT molecular complexity index is 617. The molecule has 5 heteroatoms. The lowest BCUT2D eigenvalue weighted by Crippen LogP contribution is -2.12. The number of nitrogens with two attached hydrogens (primary N) is 1. The topological polar surface area (TPSA) is 55.9 Å². The van der Waals surface area contributed by atoms with E-state index < -0.39 is 0 Å². The van der Waals surface area contributed by atoms with Crippen LogP contribution in [-0.2, 0) is 0 Å². The van der Waals surface area contributed by atoms with Gasteiger partial charge in [-0.2, -0.15) is 5.10 Å². The fourth-order valence-electron chi connectivity index (χ4n) is 3.23. The van der Waals surface area contributed by atoms with Crippen molar-refractivity contribution in [3.8, 4) is 5.69 Å². The Morgan fingerprint density at radius 2 is 2.05 bits per heavy atom. The fraction of sp³-hybridized carbons (Fsp3) is 0.471. The van der Waals surface area contributed by atoms with Crippen LogP contribution in [0.1, 0.15) is 43.7 Å². The molecule has 0 radical (unpaired) electrons. The van der Waals surface area contributed by atoms with Gasteiger partial charge < -0.3 is 11.1 Å². The molecule has 3 N–H and O–H groups in total. The van der Waals surface area contributed by atoms with E-state index >= 15 is 0 Å². The number of nitrogens with zero attached hydrogens (tertiary/aromatic N) is 2. The van der Waals surface area contributed by atoms with E-state index in [0.717, 1.165) is 29.4 Å². The van der Waals surface area contributed by atoms with Gasteiger partial charge in [0, 0.05) is 12.5 Å². The van der Waals surface area contributed by atoms with Gasteiger partial charge in [-0.05, 0) is 37.9 Å². The fourth-order valence-corrected chi connectivity index (χ4v) is 3.44. The van der Waals surface area contributed by atoms with Gasteiger partial charge in [-0.25, -0.2) is 4.68 Å². The highest BCUT2D eigenvalue weighted by molar-refractivity contribution is 6.32. The maximum Gasteiger partial charge on any atom is 0.0835 e. The third-order valence-electron chi connectivity index (χ3n) is 4.33. The predicted octanol–water partition coefficient (Wildman–Crippen LogP) is 3.94. The van der Waals surface area contributed by atoms with Crippen molar-refractivity contribution in [2.75, 3.05) is 18.4 Å². The van der Waals surface area contributed by atoms with Crippen LogP contribution in [0.3, 0.4) is 0 Å². The molecule has 1 aliphatic carbocycles. The minimum absolute atomic E-state index is 0.555. The summed E-state index contributed by atoms with van der Waals surface area (Å²) in [6.07, 6.45) is 7.92. The Hall–Kier alpha value is -1.52. The summed E-state index contributed by atoms with van der Waals surface area (Å²) in [5, 5.41) is 8.84. The summed E-state index contributed by atoms with van der Waals surface area (Å²) in [5.74, 6) is 0.555. The number of hydrogen-bond donors (Lipinski definition) is 2. The van der Waals surface area contributed by atoms with Gasteiger partial charge in [0.05, 0.1) is 28.3 Å². The Morgan fingerprint density at radius 3 is 2.77 bits per heavy atom. The summed E-state index contributed by atoms with van der Waals surface area (Å²) in [6.45, 7) is 1.58. The molecule has 0 aliphatic heterocycles. The second kappa shape index (κ2) is 7.16. The highest BCUT2D eigenvalue weighted by atomic mass is 35.5. The smallest absolute Gasteiger partial charge is 0.0835 e. The maximum absolute atomic E-state index is 6.38. The van der Waals surface area contributed by atoms with Gasteiger partial charge >= 0.3 is 0 Å². The lowest BCUT2D eigenvalue weighted by molar-refractivity contribution is 0.656. The summed E-state index contributed by atoms with van der Waals surface area (Å²) >= 11 is 6.38. The molecule has 0 atom stereocenters. The summed E-state index contributed by atoms with van der Waals surface area (Å²) in [4.78, 5) is 0. The molecule has 0 unspecified atom stereocenters. The molecular formula is C17H23ClN4. The SMILES string of the molecule is NCCCNc1cnn(-c2ccccc2Cl)c1C1CCCC1. The Labute approximate surface area is 136 Å².